The van der Waals surface area contributed by atoms with Crippen LogP contribution in [-0.4, -0.2) is 15.3 Å². The van der Waals surface area contributed by atoms with Crippen molar-refractivity contribution >= 4 is 28.9 Å². The maximum Gasteiger partial charge on any atom is 0.272 e. The van der Waals surface area contributed by atoms with E-state index < -0.39 is 5.82 Å². The summed E-state index contributed by atoms with van der Waals surface area (Å²) in [6, 6.07) is 11.1. The molecule has 1 aliphatic rings. The summed E-state index contributed by atoms with van der Waals surface area (Å²) >= 11 is 12.6. The number of nitrogens with zero attached hydrogens (tertiary/aromatic N) is 3. The van der Waals surface area contributed by atoms with Crippen LogP contribution in [0.4, 0.5) is 4.39 Å². The van der Waals surface area contributed by atoms with Crippen molar-refractivity contribution in [3.8, 4) is 5.69 Å². The lowest BCUT2D eigenvalue weighted by Gasteiger charge is -2.16. The fourth-order valence-corrected chi connectivity index (χ4v) is 3.25. The number of fused-ring (bicyclic) bond motifs is 3. The first kappa shape index (κ1) is 16.0. The molecule has 0 atom stereocenters. The van der Waals surface area contributed by atoms with Crippen molar-refractivity contribution in [2.24, 2.45) is 4.99 Å². The summed E-state index contributed by atoms with van der Waals surface area (Å²) in [7, 11) is 0. The van der Waals surface area contributed by atoms with Crippen LogP contribution in [0.1, 0.15) is 17.0 Å². The van der Waals surface area contributed by atoms with Crippen LogP contribution in [-0.2, 0) is 6.54 Å². The van der Waals surface area contributed by atoms with E-state index in [2.05, 4.69) is 9.98 Å². The summed E-state index contributed by atoms with van der Waals surface area (Å²) in [4.78, 5) is 20.1. The monoisotopic (exact) mass is 373 g/mol. The van der Waals surface area contributed by atoms with Gasteiger partial charge in [0.2, 0.25) is 0 Å². The molecule has 1 aromatic heterocycles. The standard InChI is InChI=1S/C18H10Cl2FN3O/c19-11-5-6-13-16(17(11)20)18(10-3-1-2-4-12(10)21)22-9-14-23-15(25)7-8-24(13)14/h1-8H,9H2. The van der Waals surface area contributed by atoms with Gasteiger partial charge < -0.3 is 4.57 Å². The second-order valence-corrected chi connectivity index (χ2v) is 6.24. The van der Waals surface area contributed by atoms with Crippen LogP contribution in [0.2, 0.25) is 10.0 Å². The SMILES string of the molecule is O=c1ccn2c(n1)CN=C(c1ccccc1F)c1c-2ccc(Cl)c1Cl. The fourth-order valence-electron chi connectivity index (χ4n) is 2.84. The second-order valence-electron chi connectivity index (χ2n) is 5.45. The molecule has 0 aliphatic carbocycles. The maximum absolute atomic E-state index is 14.4. The van der Waals surface area contributed by atoms with Crippen LogP contribution < -0.4 is 5.56 Å². The van der Waals surface area contributed by atoms with Crippen molar-refractivity contribution in [2.45, 2.75) is 6.54 Å². The van der Waals surface area contributed by atoms with Gasteiger partial charge >= 0.3 is 0 Å². The third-order valence-corrected chi connectivity index (χ3v) is 4.76. The van der Waals surface area contributed by atoms with Gasteiger partial charge in [-0.15, -0.1) is 0 Å². The van der Waals surface area contributed by atoms with Gasteiger partial charge in [-0.05, 0) is 24.3 Å². The summed E-state index contributed by atoms with van der Waals surface area (Å²) in [5.74, 6) is 0.0233. The van der Waals surface area contributed by atoms with Crippen molar-refractivity contribution in [3.05, 3.63) is 91.8 Å². The molecule has 0 saturated heterocycles. The molecule has 4 nitrogen and oxygen atoms in total. The van der Waals surface area contributed by atoms with Gasteiger partial charge in [0.15, 0.2) is 0 Å². The Morgan fingerprint density at radius 3 is 2.68 bits per heavy atom. The van der Waals surface area contributed by atoms with E-state index in [-0.39, 0.29) is 17.1 Å². The van der Waals surface area contributed by atoms with E-state index in [0.717, 1.165) is 0 Å². The van der Waals surface area contributed by atoms with Gasteiger partial charge in [0.1, 0.15) is 11.6 Å². The molecule has 25 heavy (non-hydrogen) atoms. The van der Waals surface area contributed by atoms with Crippen molar-refractivity contribution < 1.29 is 4.39 Å². The van der Waals surface area contributed by atoms with E-state index in [4.69, 9.17) is 23.2 Å². The van der Waals surface area contributed by atoms with Gasteiger partial charge in [0.25, 0.3) is 5.56 Å². The molecule has 0 unspecified atom stereocenters. The summed E-state index contributed by atoms with van der Waals surface area (Å²) in [6.07, 6.45) is 1.60. The van der Waals surface area contributed by atoms with E-state index in [1.165, 1.54) is 12.1 Å². The van der Waals surface area contributed by atoms with E-state index in [0.29, 0.717) is 33.4 Å². The molecule has 2 aromatic carbocycles. The Labute approximate surface area is 152 Å². The molecule has 3 aromatic rings. The first-order chi connectivity index (χ1) is 12.1. The number of benzene rings is 2. The number of hydrogen-bond donors (Lipinski definition) is 0. The topological polar surface area (TPSA) is 47.2 Å². The van der Waals surface area contributed by atoms with E-state index in [1.807, 2.05) is 0 Å². The Kier molecular flexibility index (Phi) is 3.90. The molecule has 0 bridgehead atoms. The zero-order valence-corrected chi connectivity index (χ0v) is 14.2. The average Bonchev–Trinajstić information content (AvgIpc) is 2.76. The minimum atomic E-state index is -0.420. The highest BCUT2D eigenvalue weighted by molar-refractivity contribution is 6.45. The largest absolute Gasteiger partial charge is 0.303 e. The van der Waals surface area contributed by atoms with Gasteiger partial charge in [-0.1, -0.05) is 35.3 Å². The van der Waals surface area contributed by atoms with Crippen LogP contribution in [0.15, 0.2) is 58.4 Å². The molecule has 0 amide bonds. The second kappa shape index (κ2) is 6.10. The lowest BCUT2D eigenvalue weighted by Crippen LogP contribution is -2.15. The number of rotatable bonds is 1. The molecule has 0 spiro atoms. The quantitative estimate of drug-likeness (QED) is 0.646. The third-order valence-electron chi connectivity index (χ3n) is 3.96. The lowest BCUT2D eigenvalue weighted by molar-refractivity contribution is 0.625. The fraction of sp³-hybridized carbons (Fsp3) is 0.0556. The first-order valence-corrected chi connectivity index (χ1v) is 8.18. The molecule has 2 heterocycles. The Hall–Kier alpha value is -2.50. The predicted molar refractivity (Wildman–Crippen MR) is 95.6 cm³/mol. The first-order valence-electron chi connectivity index (χ1n) is 7.43. The lowest BCUT2D eigenvalue weighted by atomic mass is 10.00. The van der Waals surface area contributed by atoms with Crippen LogP contribution in [0.25, 0.3) is 5.69 Å². The highest BCUT2D eigenvalue weighted by Gasteiger charge is 2.24. The number of hydrogen-bond acceptors (Lipinski definition) is 3. The van der Waals surface area contributed by atoms with Crippen LogP contribution in [0, 0.1) is 5.82 Å². The van der Waals surface area contributed by atoms with Crippen LogP contribution in [0.3, 0.4) is 0 Å². The molecule has 124 valence electrons. The summed E-state index contributed by atoms with van der Waals surface area (Å²) in [6.45, 7) is 0.113. The molecule has 0 fully saturated rings. The molecular weight excluding hydrogens is 364 g/mol. The maximum atomic E-state index is 14.4. The highest BCUT2D eigenvalue weighted by atomic mass is 35.5. The molecule has 0 radical (unpaired) electrons. The van der Waals surface area contributed by atoms with Gasteiger partial charge in [-0.2, -0.15) is 4.98 Å². The van der Waals surface area contributed by atoms with Gasteiger partial charge in [-0.25, -0.2) is 4.39 Å². The van der Waals surface area contributed by atoms with Gasteiger partial charge in [0.05, 0.1) is 28.0 Å². The molecular formula is C18H10Cl2FN3O. The van der Waals surface area contributed by atoms with Gasteiger partial charge in [-0.3, -0.25) is 9.79 Å². The van der Waals surface area contributed by atoms with Gasteiger partial charge in [0, 0.05) is 23.4 Å². The van der Waals surface area contributed by atoms with Crippen molar-refractivity contribution in [1.29, 1.82) is 0 Å². The normalized spacial score (nSPS) is 12.8. The Bertz CT molecular complexity index is 1090. The predicted octanol–water partition coefficient (Wildman–Crippen LogP) is 4.03. The van der Waals surface area contributed by atoms with Crippen molar-refractivity contribution in [2.75, 3.05) is 0 Å². The summed E-state index contributed by atoms with van der Waals surface area (Å²) in [5.41, 5.74) is 1.46. The van der Waals surface area contributed by atoms with E-state index in [1.54, 1.807) is 41.1 Å². The number of aliphatic imine (C=N–C) groups is 1. The molecule has 0 N–H and O–H groups in total. The minimum absolute atomic E-state index is 0.113. The van der Waals surface area contributed by atoms with E-state index >= 15 is 0 Å². The van der Waals surface area contributed by atoms with Crippen LogP contribution >= 0.6 is 23.2 Å². The van der Waals surface area contributed by atoms with Crippen molar-refractivity contribution in [1.82, 2.24) is 9.55 Å². The Morgan fingerprint density at radius 1 is 1.08 bits per heavy atom. The minimum Gasteiger partial charge on any atom is -0.303 e. The zero-order valence-electron chi connectivity index (χ0n) is 12.7. The highest BCUT2D eigenvalue weighted by Crippen LogP contribution is 2.35. The average molecular weight is 374 g/mol. The molecule has 0 saturated carbocycles. The molecule has 7 heteroatoms. The molecule has 1 aliphatic heterocycles. The Morgan fingerprint density at radius 2 is 1.88 bits per heavy atom. The smallest absolute Gasteiger partial charge is 0.272 e. The van der Waals surface area contributed by atoms with E-state index in [9.17, 15) is 9.18 Å². The molecule has 4 rings (SSSR count). The number of aromatic nitrogens is 2. The zero-order chi connectivity index (χ0) is 17.6. The Balaban J connectivity index is 2.09. The third kappa shape index (κ3) is 2.65. The summed E-state index contributed by atoms with van der Waals surface area (Å²) in [5, 5.41) is 0.606. The van der Waals surface area contributed by atoms with Crippen molar-refractivity contribution in [3.63, 3.8) is 0 Å². The number of halogens is 3. The van der Waals surface area contributed by atoms with Crippen LogP contribution in [0.5, 0.6) is 0 Å². The summed E-state index contributed by atoms with van der Waals surface area (Å²) < 4.78 is 16.1.